The Morgan fingerprint density at radius 3 is 2.82 bits per heavy atom. The van der Waals surface area contributed by atoms with Gasteiger partial charge in [-0.05, 0) is 86.7 Å². The van der Waals surface area contributed by atoms with Crippen LogP contribution in [-0.2, 0) is 4.79 Å². The zero-order valence-corrected chi connectivity index (χ0v) is 21.0. The van der Waals surface area contributed by atoms with Gasteiger partial charge >= 0.3 is 5.97 Å². The normalized spacial score (nSPS) is 22.4. The number of hydrogen-bond donors (Lipinski definition) is 2. The van der Waals surface area contributed by atoms with Gasteiger partial charge in [0.2, 0.25) is 0 Å². The van der Waals surface area contributed by atoms with Crippen molar-refractivity contribution in [3.63, 3.8) is 0 Å². The SMILES string of the molecule is COc1ccc2nccc(C(O)CC[C@@H]3CCN(CCSC4CCC4)C[C@@H]3CCC(=O)O)c2c1. The van der Waals surface area contributed by atoms with E-state index in [0.717, 1.165) is 66.4 Å². The Morgan fingerprint density at radius 1 is 1.24 bits per heavy atom. The molecule has 2 aromatic rings. The first-order chi connectivity index (χ1) is 16.5. The second-order valence-corrected chi connectivity index (χ2v) is 11.3. The van der Waals surface area contributed by atoms with Crippen LogP contribution in [0, 0.1) is 11.8 Å². The Bertz CT molecular complexity index is 951. The number of hydrogen-bond acceptors (Lipinski definition) is 6. The smallest absolute Gasteiger partial charge is 0.303 e. The average molecular weight is 487 g/mol. The van der Waals surface area contributed by atoms with E-state index in [2.05, 4.69) is 21.6 Å². The number of pyridine rings is 1. The molecule has 0 radical (unpaired) electrons. The largest absolute Gasteiger partial charge is 0.497 e. The Balaban J connectivity index is 1.35. The molecule has 34 heavy (non-hydrogen) atoms. The first-order valence-corrected chi connectivity index (χ1v) is 13.7. The van der Waals surface area contributed by atoms with Gasteiger partial charge in [-0.25, -0.2) is 0 Å². The fourth-order valence-corrected chi connectivity index (χ4v) is 6.72. The van der Waals surface area contributed by atoms with Crippen LogP contribution < -0.4 is 4.74 Å². The van der Waals surface area contributed by atoms with Gasteiger partial charge in [-0.15, -0.1) is 0 Å². The van der Waals surface area contributed by atoms with Gasteiger partial charge in [0, 0.05) is 42.1 Å². The molecule has 1 aromatic carbocycles. The number of aliphatic hydroxyl groups is 1. The summed E-state index contributed by atoms with van der Waals surface area (Å²) in [5, 5.41) is 22.2. The minimum Gasteiger partial charge on any atom is -0.497 e. The number of methoxy groups -OCH3 is 1. The summed E-state index contributed by atoms with van der Waals surface area (Å²) in [4.78, 5) is 18.2. The lowest BCUT2D eigenvalue weighted by Crippen LogP contribution is -2.42. The molecule has 6 nitrogen and oxygen atoms in total. The van der Waals surface area contributed by atoms with Crippen molar-refractivity contribution in [1.29, 1.82) is 0 Å². The van der Waals surface area contributed by atoms with Crippen LogP contribution in [0.4, 0.5) is 0 Å². The first-order valence-electron chi connectivity index (χ1n) is 12.7. The highest BCUT2D eigenvalue weighted by molar-refractivity contribution is 7.99. The fourth-order valence-electron chi connectivity index (χ4n) is 5.35. The van der Waals surface area contributed by atoms with Crippen LogP contribution in [0.3, 0.4) is 0 Å². The third-order valence-corrected chi connectivity index (χ3v) is 9.03. The first kappa shape index (κ1) is 25.3. The number of likely N-dealkylation sites (tertiary alicyclic amines) is 1. The number of carbonyl (C=O) groups is 1. The predicted octanol–water partition coefficient (Wildman–Crippen LogP) is 5.15. The number of carboxylic acids is 1. The van der Waals surface area contributed by atoms with E-state index in [9.17, 15) is 15.0 Å². The molecule has 2 aliphatic rings. The van der Waals surface area contributed by atoms with Crippen LogP contribution >= 0.6 is 11.8 Å². The lowest BCUT2D eigenvalue weighted by Gasteiger charge is -2.39. The second kappa shape index (κ2) is 12.2. The Labute approximate surface area is 207 Å². The summed E-state index contributed by atoms with van der Waals surface area (Å²) in [5.74, 6) is 2.05. The molecule has 7 heteroatoms. The molecule has 3 atom stereocenters. The van der Waals surface area contributed by atoms with Crippen LogP contribution in [0.1, 0.15) is 63.0 Å². The van der Waals surface area contributed by atoms with E-state index in [-0.39, 0.29) is 6.42 Å². The molecule has 0 spiro atoms. The van der Waals surface area contributed by atoms with Crippen molar-refractivity contribution >= 4 is 28.6 Å². The van der Waals surface area contributed by atoms with Crippen LogP contribution in [0.15, 0.2) is 30.5 Å². The molecular formula is C27H38N2O4S. The molecule has 0 amide bonds. The zero-order valence-electron chi connectivity index (χ0n) is 20.2. The molecule has 1 aromatic heterocycles. The maximum absolute atomic E-state index is 11.3. The van der Waals surface area contributed by atoms with Crippen molar-refractivity contribution in [1.82, 2.24) is 9.88 Å². The average Bonchev–Trinajstić information content (AvgIpc) is 2.82. The summed E-state index contributed by atoms with van der Waals surface area (Å²) < 4.78 is 5.37. The van der Waals surface area contributed by atoms with Gasteiger partial charge in [0.15, 0.2) is 0 Å². The van der Waals surface area contributed by atoms with E-state index < -0.39 is 12.1 Å². The summed E-state index contributed by atoms with van der Waals surface area (Å²) in [6, 6.07) is 7.65. The Hall–Kier alpha value is -1.83. The van der Waals surface area contributed by atoms with Crippen LogP contribution in [-0.4, -0.2) is 63.8 Å². The fraction of sp³-hybridized carbons (Fsp3) is 0.630. The van der Waals surface area contributed by atoms with Crippen molar-refractivity contribution in [2.24, 2.45) is 11.8 Å². The molecule has 1 unspecified atom stereocenters. The van der Waals surface area contributed by atoms with Crippen molar-refractivity contribution in [2.45, 2.75) is 62.7 Å². The topological polar surface area (TPSA) is 82.9 Å². The third-order valence-electron chi connectivity index (χ3n) is 7.67. The monoisotopic (exact) mass is 486 g/mol. The summed E-state index contributed by atoms with van der Waals surface area (Å²) in [6.07, 6.45) is 8.90. The second-order valence-electron chi connectivity index (χ2n) is 9.84. The summed E-state index contributed by atoms with van der Waals surface area (Å²) in [7, 11) is 1.64. The molecule has 1 aliphatic heterocycles. The van der Waals surface area contributed by atoms with Crippen molar-refractivity contribution in [2.75, 3.05) is 32.5 Å². The van der Waals surface area contributed by atoms with E-state index in [0.29, 0.717) is 18.3 Å². The molecule has 2 N–H and O–H groups in total. The van der Waals surface area contributed by atoms with E-state index in [1.165, 1.54) is 25.0 Å². The number of thioether (sulfide) groups is 1. The number of nitrogens with zero attached hydrogens (tertiary/aromatic N) is 2. The van der Waals surface area contributed by atoms with Gasteiger partial charge in [-0.1, -0.05) is 6.42 Å². The highest BCUT2D eigenvalue weighted by Gasteiger charge is 2.30. The van der Waals surface area contributed by atoms with Crippen LogP contribution in [0.25, 0.3) is 10.9 Å². The lowest BCUT2D eigenvalue weighted by molar-refractivity contribution is -0.137. The molecule has 2 fully saturated rings. The number of carboxylic acid groups (broad SMARTS) is 1. The molecule has 1 aliphatic carbocycles. The molecule has 2 heterocycles. The number of ether oxygens (including phenoxy) is 1. The standard InChI is InChI=1S/C27H38N2O4S/c1-33-21-7-8-25-24(17-21)23(11-13-28-25)26(30)9-5-19-12-14-29(15-16-34-22-3-2-4-22)18-20(19)6-10-27(31)32/h7-8,11,13,17,19-20,22,26,30H,2-6,9-10,12,14-16,18H2,1H3,(H,31,32)/t19-,20+,26?/m1/s1. The van der Waals surface area contributed by atoms with E-state index in [1.54, 1.807) is 13.3 Å². The van der Waals surface area contributed by atoms with Crippen molar-refractivity contribution in [3.8, 4) is 5.75 Å². The van der Waals surface area contributed by atoms with Crippen molar-refractivity contribution in [3.05, 3.63) is 36.0 Å². The minimum absolute atomic E-state index is 0.225. The quantitative estimate of drug-likeness (QED) is 0.429. The highest BCUT2D eigenvalue weighted by Crippen LogP contribution is 2.36. The summed E-state index contributed by atoms with van der Waals surface area (Å²) in [5.41, 5.74) is 1.74. The van der Waals surface area contributed by atoms with Gasteiger partial charge in [-0.2, -0.15) is 11.8 Å². The van der Waals surface area contributed by atoms with Crippen molar-refractivity contribution < 1.29 is 19.7 Å². The molecular weight excluding hydrogens is 448 g/mol. The minimum atomic E-state index is -0.714. The van der Waals surface area contributed by atoms with Gasteiger partial charge in [0.05, 0.1) is 18.7 Å². The molecule has 4 rings (SSSR count). The lowest BCUT2D eigenvalue weighted by atomic mass is 9.79. The van der Waals surface area contributed by atoms with Crippen LogP contribution in [0.5, 0.6) is 5.75 Å². The summed E-state index contributed by atoms with van der Waals surface area (Å²) in [6.45, 7) is 3.16. The number of aliphatic hydroxyl groups excluding tert-OH is 1. The molecule has 0 bridgehead atoms. The van der Waals surface area contributed by atoms with Crippen LogP contribution in [0.2, 0.25) is 0 Å². The Morgan fingerprint density at radius 2 is 2.09 bits per heavy atom. The Kier molecular flexibility index (Phi) is 9.09. The number of fused-ring (bicyclic) bond motifs is 1. The number of benzene rings is 1. The molecule has 1 saturated carbocycles. The van der Waals surface area contributed by atoms with E-state index in [1.807, 2.05) is 24.3 Å². The zero-order chi connectivity index (χ0) is 23.9. The highest BCUT2D eigenvalue weighted by atomic mass is 32.2. The van der Waals surface area contributed by atoms with Gasteiger partial charge in [0.1, 0.15) is 5.75 Å². The molecule has 186 valence electrons. The number of aromatic nitrogens is 1. The van der Waals surface area contributed by atoms with Gasteiger partial charge < -0.3 is 19.8 Å². The summed E-state index contributed by atoms with van der Waals surface area (Å²) >= 11 is 2.11. The van der Waals surface area contributed by atoms with E-state index in [4.69, 9.17) is 4.74 Å². The van der Waals surface area contributed by atoms with Gasteiger partial charge in [0.25, 0.3) is 0 Å². The predicted molar refractivity (Wildman–Crippen MR) is 137 cm³/mol. The van der Waals surface area contributed by atoms with E-state index >= 15 is 0 Å². The maximum atomic E-state index is 11.3. The third kappa shape index (κ3) is 6.64. The molecule has 1 saturated heterocycles. The number of aliphatic carboxylic acids is 1. The van der Waals surface area contributed by atoms with Gasteiger partial charge in [-0.3, -0.25) is 9.78 Å². The maximum Gasteiger partial charge on any atom is 0.303 e. The number of piperidine rings is 1. The number of rotatable bonds is 12.